The average Bonchev–Trinajstić information content (AvgIpc) is 1.96. The van der Waals surface area contributed by atoms with Gasteiger partial charge in [-0.3, -0.25) is 0 Å². The molecule has 10 heavy (non-hydrogen) atoms. The molecule has 2 unspecified atom stereocenters. The van der Waals surface area contributed by atoms with E-state index in [1.807, 2.05) is 6.92 Å². The molecule has 1 aliphatic rings. The molecule has 3 N–H and O–H groups in total. The van der Waals surface area contributed by atoms with Gasteiger partial charge in [0.05, 0.1) is 18.2 Å². The lowest BCUT2D eigenvalue weighted by molar-refractivity contribution is -0.0816. The molecule has 1 heterocycles. The fourth-order valence-corrected chi connectivity index (χ4v) is 1.24. The Morgan fingerprint density at radius 1 is 1.80 bits per heavy atom. The van der Waals surface area contributed by atoms with E-state index in [0.717, 1.165) is 6.42 Å². The fourth-order valence-electron chi connectivity index (χ4n) is 1.24. The molecule has 0 aromatic rings. The summed E-state index contributed by atoms with van der Waals surface area (Å²) in [6.07, 6.45) is 1.39. The van der Waals surface area contributed by atoms with E-state index < -0.39 is 5.60 Å². The van der Waals surface area contributed by atoms with Crippen LogP contribution in [0.25, 0.3) is 0 Å². The Morgan fingerprint density at radius 2 is 2.50 bits per heavy atom. The van der Waals surface area contributed by atoms with Crippen molar-refractivity contribution in [3.63, 3.8) is 0 Å². The first-order chi connectivity index (χ1) is 4.69. The van der Waals surface area contributed by atoms with Crippen LogP contribution in [-0.4, -0.2) is 30.0 Å². The highest BCUT2D eigenvalue weighted by Crippen LogP contribution is 2.22. The van der Waals surface area contributed by atoms with Crippen LogP contribution in [0, 0.1) is 0 Å². The number of ether oxygens (including phenoxy) is 1. The van der Waals surface area contributed by atoms with Gasteiger partial charge in [0.1, 0.15) is 0 Å². The van der Waals surface area contributed by atoms with E-state index in [4.69, 9.17) is 10.5 Å². The summed E-state index contributed by atoms with van der Waals surface area (Å²) in [4.78, 5) is 0. The third-order valence-electron chi connectivity index (χ3n) is 2.28. The molecule has 1 fully saturated rings. The molecule has 0 amide bonds. The number of hydrogen-bond donors (Lipinski definition) is 2. The quantitative estimate of drug-likeness (QED) is 0.540. The van der Waals surface area contributed by atoms with E-state index in [2.05, 4.69) is 0 Å². The molecule has 60 valence electrons. The summed E-state index contributed by atoms with van der Waals surface area (Å²) in [5.74, 6) is 0. The van der Waals surface area contributed by atoms with Crippen molar-refractivity contribution in [3.8, 4) is 0 Å². The molecule has 1 saturated heterocycles. The lowest BCUT2D eigenvalue weighted by Crippen LogP contribution is -2.54. The smallest absolute Gasteiger partial charge is 0.0839 e. The van der Waals surface area contributed by atoms with Crippen LogP contribution in [0.2, 0.25) is 0 Å². The standard InChI is InChI=1S/C7H15NO2/c1-2-7(9)3-4-10-5-6(7)8/h6,9H,2-5,8H2,1H3. The predicted molar refractivity (Wildman–Crippen MR) is 38.7 cm³/mol. The Balaban J connectivity index is 2.54. The zero-order chi connectivity index (χ0) is 7.61. The van der Waals surface area contributed by atoms with Crippen LogP contribution in [0.4, 0.5) is 0 Å². The summed E-state index contributed by atoms with van der Waals surface area (Å²) >= 11 is 0. The van der Waals surface area contributed by atoms with Gasteiger partial charge in [-0.05, 0) is 6.42 Å². The van der Waals surface area contributed by atoms with E-state index >= 15 is 0 Å². The minimum absolute atomic E-state index is 0.203. The van der Waals surface area contributed by atoms with Crippen molar-refractivity contribution in [3.05, 3.63) is 0 Å². The second-order valence-electron chi connectivity index (χ2n) is 2.89. The van der Waals surface area contributed by atoms with Crippen LogP contribution in [0.3, 0.4) is 0 Å². The molecule has 3 heteroatoms. The van der Waals surface area contributed by atoms with Crippen LogP contribution in [0.5, 0.6) is 0 Å². The van der Waals surface area contributed by atoms with E-state index in [1.165, 1.54) is 0 Å². The zero-order valence-electron chi connectivity index (χ0n) is 6.34. The van der Waals surface area contributed by atoms with Gasteiger partial charge in [0, 0.05) is 13.0 Å². The third kappa shape index (κ3) is 1.31. The highest BCUT2D eigenvalue weighted by atomic mass is 16.5. The normalized spacial score (nSPS) is 41.7. The first-order valence-corrected chi connectivity index (χ1v) is 3.75. The van der Waals surface area contributed by atoms with Crippen molar-refractivity contribution in [2.75, 3.05) is 13.2 Å². The Bertz CT molecular complexity index is 118. The van der Waals surface area contributed by atoms with Gasteiger partial charge in [0.15, 0.2) is 0 Å². The summed E-state index contributed by atoms with van der Waals surface area (Å²) in [7, 11) is 0. The van der Waals surface area contributed by atoms with Gasteiger partial charge < -0.3 is 15.6 Å². The van der Waals surface area contributed by atoms with Gasteiger partial charge >= 0.3 is 0 Å². The molecular formula is C7H15NO2. The van der Waals surface area contributed by atoms with E-state index in [1.54, 1.807) is 0 Å². The molecule has 1 aliphatic heterocycles. The summed E-state index contributed by atoms with van der Waals surface area (Å²) in [6, 6.07) is -0.203. The highest BCUT2D eigenvalue weighted by molar-refractivity contribution is 4.90. The topological polar surface area (TPSA) is 55.5 Å². The molecule has 3 nitrogen and oxygen atoms in total. The van der Waals surface area contributed by atoms with Gasteiger partial charge in [-0.25, -0.2) is 0 Å². The average molecular weight is 145 g/mol. The second-order valence-corrected chi connectivity index (χ2v) is 2.89. The minimum Gasteiger partial charge on any atom is -0.388 e. The molecule has 0 bridgehead atoms. The zero-order valence-corrected chi connectivity index (χ0v) is 6.34. The predicted octanol–water partition coefficient (Wildman–Crippen LogP) is -0.125. The van der Waals surface area contributed by atoms with Crippen molar-refractivity contribution in [2.45, 2.75) is 31.4 Å². The number of hydrogen-bond acceptors (Lipinski definition) is 3. The molecule has 1 rings (SSSR count). The molecule has 0 spiro atoms. The van der Waals surface area contributed by atoms with Gasteiger partial charge in [0.25, 0.3) is 0 Å². The SMILES string of the molecule is CCC1(O)CCOCC1N. The Hall–Kier alpha value is -0.120. The molecule has 0 radical (unpaired) electrons. The Morgan fingerprint density at radius 3 is 2.90 bits per heavy atom. The van der Waals surface area contributed by atoms with Crippen molar-refractivity contribution in [1.82, 2.24) is 0 Å². The summed E-state index contributed by atoms with van der Waals surface area (Å²) in [5, 5.41) is 9.74. The molecule has 0 saturated carbocycles. The maximum absolute atomic E-state index is 9.74. The van der Waals surface area contributed by atoms with Crippen molar-refractivity contribution >= 4 is 0 Å². The lowest BCUT2D eigenvalue weighted by Gasteiger charge is -2.36. The molecule has 2 atom stereocenters. The van der Waals surface area contributed by atoms with E-state index in [-0.39, 0.29) is 6.04 Å². The summed E-state index contributed by atoms with van der Waals surface area (Å²) in [5.41, 5.74) is 4.98. The lowest BCUT2D eigenvalue weighted by atomic mass is 9.87. The van der Waals surface area contributed by atoms with Crippen LogP contribution in [0.15, 0.2) is 0 Å². The van der Waals surface area contributed by atoms with Crippen molar-refractivity contribution < 1.29 is 9.84 Å². The monoisotopic (exact) mass is 145 g/mol. The fraction of sp³-hybridized carbons (Fsp3) is 1.00. The minimum atomic E-state index is -0.668. The molecule has 0 aromatic carbocycles. The molecule has 0 aromatic heterocycles. The van der Waals surface area contributed by atoms with Crippen LogP contribution < -0.4 is 5.73 Å². The molecule has 0 aliphatic carbocycles. The van der Waals surface area contributed by atoms with Gasteiger partial charge in [-0.15, -0.1) is 0 Å². The third-order valence-corrected chi connectivity index (χ3v) is 2.28. The van der Waals surface area contributed by atoms with Crippen molar-refractivity contribution in [1.29, 1.82) is 0 Å². The highest BCUT2D eigenvalue weighted by Gasteiger charge is 2.35. The van der Waals surface area contributed by atoms with Crippen LogP contribution in [-0.2, 0) is 4.74 Å². The van der Waals surface area contributed by atoms with Gasteiger partial charge in [0.2, 0.25) is 0 Å². The largest absolute Gasteiger partial charge is 0.388 e. The summed E-state index contributed by atoms with van der Waals surface area (Å²) in [6.45, 7) is 3.08. The number of nitrogens with two attached hydrogens (primary N) is 1. The number of aliphatic hydroxyl groups is 1. The second kappa shape index (κ2) is 2.86. The Kier molecular flexibility index (Phi) is 2.28. The van der Waals surface area contributed by atoms with Crippen LogP contribution >= 0.6 is 0 Å². The first-order valence-electron chi connectivity index (χ1n) is 3.75. The van der Waals surface area contributed by atoms with Gasteiger partial charge in [-0.1, -0.05) is 6.92 Å². The maximum atomic E-state index is 9.74. The number of rotatable bonds is 1. The van der Waals surface area contributed by atoms with E-state index in [9.17, 15) is 5.11 Å². The summed E-state index contributed by atoms with van der Waals surface area (Å²) < 4.78 is 5.09. The molecular weight excluding hydrogens is 130 g/mol. The first kappa shape index (κ1) is 7.98. The van der Waals surface area contributed by atoms with Gasteiger partial charge in [-0.2, -0.15) is 0 Å². The van der Waals surface area contributed by atoms with Crippen molar-refractivity contribution in [2.24, 2.45) is 5.73 Å². The Labute approximate surface area is 61.2 Å². The van der Waals surface area contributed by atoms with Crippen LogP contribution in [0.1, 0.15) is 19.8 Å². The van der Waals surface area contributed by atoms with E-state index in [0.29, 0.717) is 19.6 Å². The maximum Gasteiger partial charge on any atom is 0.0839 e.